The van der Waals surface area contributed by atoms with Gasteiger partial charge >= 0.3 is 23.1 Å². The molecule has 1 nitrogen and oxygen atoms in total. The van der Waals surface area contributed by atoms with Gasteiger partial charge in [0.1, 0.15) is 0 Å². The number of carbonyl (C=O) groups excluding carboxylic acids is 1. The van der Waals surface area contributed by atoms with Crippen molar-refractivity contribution in [1.82, 2.24) is 0 Å². The summed E-state index contributed by atoms with van der Waals surface area (Å²) in [4.78, 5) is 8.69. The molecule has 0 spiro atoms. The van der Waals surface area contributed by atoms with E-state index in [-0.39, 0.29) is 23.1 Å². The van der Waals surface area contributed by atoms with Crippen molar-refractivity contribution < 1.29 is 4.79 Å². The van der Waals surface area contributed by atoms with Gasteiger partial charge in [-0.3, -0.25) is 0 Å². The fourth-order valence-corrected chi connectivity index (χ4v) is 0.780. The molecule has 0 unspecified atom stereocenters. The summed E-state index contributed by atoms with van der Waals surface area (Å²) in [5, 5.41) is 0. The van der Waals surface area contributed by atoms with E-state index >= 15 is 0 Å². The monoisotopic (exact) mass is 180 g/mol. The molecular formula is C10H20MgO. The predicted octanol–water partition coefficient (Wildman–Crippen LogP) is 2.82. The van der Waals surface area contributed by atoms with Gasteiger partial charge in [0.25, 0.3) is 0 Å². The molecule has 0 amide bonds. The van der Waals surface area contributed by atoms with Crippen LogP contribution in [0, 0.1) is 13.8 Å². The second-order valence-corrected chi connectivity index (χ2v) is 2.43. The first kappa shape index (κ1) is 18.2. The number of rotatable bonds is 5. The van der Waals surface area contributed by atoms with E-state index in [0.29, 0.717) is 6.29 Å². The summed E-state index contributed by atoms with van der Waals surface area (Å²) < 4.78 is 0. The summed E-state index contributed by atoms with van der Waals surface area (Å²) in [5.74, 6) is 0. The Morgan fingerprint density at radius 2 is 1.58 bits per heavy atom. The summed E-state index contributed by atoms with van der Waals surface area (Å²) in [7, 11) is 0. The Kier molecular flexibility index (Phi) is 34.1. The van der Waals surface area contributed by atoms with Gasteiger partial charge in [0.15, 0.2) is 0 Å². The van der Waals surface area contributed by atoms with Crippen LogP contribution in [0.2, 0.25) is 0 Å². The minimum absolute atomic E-state index is 0. The predicted molar refractivity (Wildman–Crippen MR) is 55.9 cm³/mol. The third-order valence-corrected chi connectivity index (χ3v) is 1.35. The zero-order valence-corrected chi connectivity index (χ0v) is 9.76. The third-order valence-electron chi connectivity index (χ3n) is 1.35. The number of hydrogen-bond acceptors (Lipinski definition) is 1. The Morgan fingerprint density at radius 1 is 1.17 bits per heavy atom. The molecule has 0 aromatic carbocycles. The normalized spacial score (nSPS) is 7.50. The van der Waals surface area contributed by atoms with Gasteiger partial charge in [0.05, 0.1) is 0 Å². The van der Waals surface area contributed by atoms with Crippen LogP contribution in [0.3, 0.4) is 0 Å². The van der Waals surface area contributed by atoms with Crippen LogP contribution in [0.25, 0.3) is 0 Å². The number of aldehydes is 1. The molecule has 0 aromatic rings. The second-order valence-electron chi connectivity index (χ2n) is 2.43. The summed E-state index contributed by atoms with van der Waals surface area (Å²) in [6.07, 6.45) is 8.48. The van der Waals surface area contributed by atoms with Crippen LogP contribution in [-0.4, -0.2) is 29.3 Å². The van der Waals surface area contributed by atoms with Crippen molar-refractivity contribution in [3.63, 3.8) is 0 Å². The third kappa shape index (κ3) is 31.7. The molecule has 0 N–H and O–H groups in total. The number of carbonyl (C=O) groups is 1. The fourth-order valence-electron chi connectivity index (χ4n) is 0.780. The van der Waals surface area contributed by atoms with E-state index in [0.717, 1.165) is 6.42 Å². The standard InChI is InChI=1S/C8H17.C2H3O.Mg/c1-3-5-7-8-6-4-2;1-2-3;/h1,3-8H2,2H3;2H,1H2;/q2*-1;+2. The SMILES string of the molecule is [CH2-]C=O.[CH2-]CCCCCCC.[Mg+2]. The van der Waals surface area contributed by atoms with Crippen molar-refractivity contribution in [1.29, 1.82) is 0 Å². The van der Waals surface area contributed by atoms with Crippen molar-refractivity contribution in [2.45, 2.75) is 45.4 Å². The van der Waals surface area contributed by atoms with Gasteiger partial charge < -0.3 is 18.6 Å². The molecule has 0 fully saturated rings. The molecule has 0 aliphatic rings. The van der Waals surface area contributed by atoms with Crippen LogP contribution >= 0.6 is 0 Å². The first-order chi connectivity index (χ1) is 5.33. The molecular weight excluding hydrogens is 160 g/mol. The van der Waals surface area contributed by atoms with Crippen LogP contribution < -0.4 is 0 Å². The quantitative estimate of drug-likeness (QED) is 0.275. The average Bonchev–Trinajstić information content (AvgIpc) is 2.00. The van der Waals surface area contributed by atoms with E-state index < -0.39 is 0 Å². The van der Waals surface area contributed by atoms with Crippen LogP contribution in [0.15, 0.2) is 0 Å². The van der Waals surface area contributed by atoms with Gasteiger partial charge in [0.2, 0.25) is 0 Å². The van der Waals surface area contributed by atoms with Gasteiger partial charge in [-0.25, -0.2) is 0 Å². The molecule has 12 heavy (non-hydrogen) atoms. The number of hydrogen-bond donors (Lipinski definition) is 0. The molecule has 0 aliphatic carbocycles. The Morgan fingerprint density at radius 3 is 1.92 bits per heavy atom. The van der Waals surface area contributed by atoms with Gasteiger partial charge in [-0.1, -0.05) is 39.0 Å². The van der Waals surface area contributed by atoms with Crippen molar-refractivity contribution in [2.75, 3.05) is 0 Å². The first-order valence-electron chi connectivity index (χ1n) is 4.35. The molecule has 0 radical (unpaired) electrons. The molecule has 2 heteroatoms. The zero-order valence-electron chi connectivity index (χ0n) is 8.35. The minimum Gasteiger partial charge on any atom is -0.343 e. The Labute approximate surface area is 93.5 Å². The summed E-state index contributed by atoms with van der Waals surface area (Å²) in [6, 6.07) is 0. The molecule has 0 rings (SSSR count). The maximum absolute atomic E-state index is 8.69. The molecule has 0 aromatic heterocycles. The summed E-state index contributed by atoms with van der Waals surface area (Å²) in [5.41, 5.74) is 0. The first-order valence-corrected chi connectivity index (χ1v) is 4.35. The van der Waals surface area contributed by atoms with Gasteiger partial charge in [0, 0.05) is 0 Å². The Balaban J connectivity index is -0.000000177. The molecule has 0 atom stereocenters. The van der Waals surface area contributed by atoms with E-state index in [4.69, 9.17) is 4.79 Å². The van der Waals surface area contributed by atoms with E-state index in [2.05, 4.69) is 20.8 Å². The van der Waals surface area contributed by atoms with Crippen molar-refractivity contribution in [3.05, 3.63) is 13.8 Å². The minimum atomic E-state index is 0. The van der Waals surface area contributed by atoms with Crippen LogP contribution in [0.5, 0.6) is 0 Å². The van der Waals surface area contributed by atoms with E-state index in [9.17, 15) is 0 Å². The van der Waals surface area contributed by atoms with Crippen LogP contribution in [0.4, 0.5) is 0 Å². The molecule has 0 saturated heterocycles. The topological polar surface area (TPSA) is 17.1 Å². The van der Waals surface area contributed by atoms with Gasteiger partial charge in [-0.15, -0.1) is 0 Å². The van der Waals surface area contributed by atoms with Crippen molar-refractivity contribution in [3.8, 4) is 0 Å². The van der Waals surface area contributed by atoms with Crippen LogP contribution in [0.1, 0.15) is 45.4 Å². The number of unbranched alkanes of at least 4 members (excludes halogenated alkanes) is 5. The second kappa shape index (κ2) is 22.5. The molecule has 0 bridgehead atoms. The van der Waals surface area contributed by atoms with E-state index in [1.165, 1.54) is 32.1 Å². The Bertz CT molecular complexity index is 58.9. The average molecular weight is 181 g/mol. The van der Waals surface area contributed by atoms with Gasteiger partial charge in [-0.2, -0.15) is 6.42 Å². The molecule has 0 aliphatic heterocycles. The summed E-state index contributed by atoms with van der Waals surface area (Å²) >= 11 is 0. The Hall–Kier alpha value is 0.306. The van der Waals surface area contributed by atoms with Crippen LogP contribution in [-0.2, 0) is 4.79 Å². The van der Waals surface area contributed by atoms with E-state index in [1.54, 1.807) is 0 Å². The fraction of sp³-hybridized carbons (Fsp3) is 0.700. The maximum Gasteiger partial charge on any atom is 2.00 e. The zero-order chi connectivity index (χ0) is 8.95. The largest absolute Gasteiger partial charge is 2.00 e. The van der Waals surface area contributed by atoms with Crippen molar-refractivity contribution >= 4 is 29.3 Å². The molecule has 68 valence electrons. The van der Waals surface area contributed by atoms with Crippen molar-refractivity contribution in [2.24, 2.45) is 0 Å². The maximum atomic E-state index is 8.69. The van der Waals surface area contributed by atoms with E-state index in [1.807, 2.05) is 0 Å². The molecule has 0 saturated carbocycles. The van der Waals surface area contributed by atoms with Gasteiger partial charge in [-0.05, 0) is 6.29 Å². The summed E-state index contributed by atoms with van der Waals surface area (Å²) in [6.45, 7) is 8.83. The smallest absolute Gasteiger partial charge is 0.343 e. The molecule has 0 heterocycles.